The highest BCUT2D eigenvalue weighted by atomic mass is 16.5. The molecule has 1 N–H and O–H groups in total. The van der Waals surface area contributed by atoms with Crippen molar-refractivity contribution in [3.05, 3.63) is 17.5 Å². The van der Waals surface area contributed by atoms with Crippen molar-refractivity contribution in [2.75, 3.05) is 7.11 Å². The molecule has 0 aliphatic heterocycles. The van der Waals surface area contributed by atoms with Crippen molar-refractivity contribution in [3.63, 3.8) is 0 Å². The summed E-state index contributed by atoms with van der Waals surface area (Å²) in [4.78, 5) is 0. The lowest BCUT2D eigenvalue weighted by Crippen LogP contribution is -2.30. The van der Waals surface area contributed by atoms with Gasteiger partial charge in [0.1, 0.15) is 0 Å². The normalized spacial score (nSPS) is 14.0. The van der Waals surface area contributed by atoms with Gasteiger partial charge in [0.2, 0.25) is 0 Å². The maximum Gasteiger partial charge on any atom is 0.0647 e. The Hall–Kier alpha value is -0.870. The van der Waals surface area contributed by atoms with Crippen LogP contribution in [0.5, 0.6) is 0 Å². The Bertz CT molecular complexity index is 358. The van der Waals surface area contributed by atoms with Crippen molar-refractivity contribution in [1.29, 1.82) is 0 Å². The molecule has 0 aliphatic rings. The smallest absolute Gasteiger partial charge is 0.0647 e. The molecule has 98 valence electrons. The number of aromatic nitrogens is 2. The minimum Gasteiger partial charge on any atom is -0.393 e. The maximum atomic E-state index is 10.1. The number of nitrogens with zero attached hydrogens (tertiary/aromatic N) is 2. The summed E-state index contributed by atoms with van der Waals surface area (Å²) in [5.74, 6) is 0. The highest BCUT2D eigenvalue weighted by Crippen LogP contribution is 2.18. The highest BCUT2D eigenvalue weighted by Gasteiger charge is 2.22. The molecule has 17 heavy (non-hydrogen) atoms. The fraction of sp³-hybridized carbons (Fsp3) is 0.769. The molecular weight excluding hydrogens is 216 g/mol. The molecule has 1 heterocycles. The van der Waals surface area contributed by atoms with E-state index in [1.807, 2.05) is 31.5 Å². The van der Waals surface area contributed by atoms with Crippen LogP contribution < -0.4 is 0 Å². The van der Waals surface area contributed by atoms with Crippen molar-refractivity contribution in [2.45, 2.75) is 58.8 Å². The molecule has 4 heteroatoms. The Morgan fingerprint density at radius 2 is 2.18 bits per heavy atom. The lowest BCUT2D eigenvalue weighted by atomic mass is 9.98. The van der Waals surface area contributed by atoms with Gasteiger partial charge < -0.3 is 9.84 Å². The van der Waals surface area contributed by atoms with Gasteiger partial charge in [0.15, 0.2) is 0 Å². The predicted octanol–water partition coefficient (Wildman–Crippen LogP) is 1.93. The first-order valence-corrected chi connectivity index (χ1v) is 6.14. The van der Waals surface area contributed by atoms with Crippen LogP contribution in [-0.4, -0.2) is 33.7 Å². The van der Waals surface area contributed by atoms with E-state index in [0.29, 0.717) is 12.8 Å². The van der Waals surface area contributed by atoms with Crippen LogP contribution in [0.2, 0.25) is 0 Å². The second kappa shape index (κ2) is 5.65. The van der Waals surface area contributed by atoms with E-state index in [-0.39, 0.29) is 5.60 Å². The third-order valence-electron chi connectivity index (χ3n) is 3.01. The molecule has 0 fully saturated rings. The van der Waals surface area contributed by atoms with E-state index in [1.165, 1.54) is 0 Å². The molecule has 0 radical (unpaired) electrons. The van der Waals surface area contributed by atoms with Gasteiger partial charge in [-0.1, -0.05) is 0 Å². The summed E-state index contributed by atoms with van der Waals surface area (Å²) < 4.78 is 7.27. The third kappa shape index (κ3) is 4.13. The highest BCUT2D eigenvalue weighted by molar-refractivity contribution is 5.10. The largest absolute Gasteiger partial charge is 0.393 e. The summed E-state index contributed by atoms with van der Waals surface area (Å²) in [6.45, 7) is 8.84. The first-order valence-electron chi connectivity index (χ1n) is 6.14. The van der Waals surface area contributed by atoms with Crippen LogP contribution in [0.25, 0.3) is 0 Å². The van der Waals surface area contributed by atoms with Gasteiger partial charge in [-0.2, -0.15) is 5.10 Å². The molecule has 1 aromatic heterocycles. The summed E-state index contributed by atoms with van der Waals surface area (Å²) in [6, 6.07) is 2.03. The Kier molecular flexibility index (Phi) is 4.71. The van der Waals surface area contributed by atoms with E-state index < -0.39 is 6.10 Å². The zero-order chi connectivity index (χ0) is 13.1. The molecule has 1 rings (SSSR count). The van der Waals surface area contributed by atoms with Gasteiger partial charge in [0.05, 0.1) is 17.4 Å². The Balaban J connectivity index is 2.64. The zero-order valence-corrected chi connectivity index (χ0v) is 11.5. The average molecular weight is 240 g/mol. The molecular formula is C13H24N2O2. The first-order chi connectivity index (χ1) is 7.88. The minimum absolute atomic E-state index is 0.286. The summed E-state index contributed by atoms with van der Waals surface area (Å²) >= 11 is 0. The zero-order valence-electron chi connectivity index (χ0n) is 11.5. The molecule has 0 saturated heterocycles. The van der Waals surface area contributed by atoms with Gasteiger partial charge in [-0.15, -0.1) is 0 Å². The number of aryl methyl sites for hydroxylation is 2. The second-order valence-electron chi connectivity index (χ2n) is 5.12. The van der Waals surface area contributed by atoms with Crippen LogP contribution in [0.4, 0.5) is 0 Å². The van der Waals surface area contributed by atoms with Crippen LogP contribution in [0.15, 0.2) is 6.07 Å². The number of aliphatic hydroxyl groups is 1. The molecule has 1 atom stereocenters. The number of hydrogen-bond donors (Lipinski definition) is 1. The molecule has 0 aliphatic carbocycles. The SMILES string of the molecule is CCn1nc(C)cc1CC(O)CC(C)(C)OC. The number of ether oxygens (including phenoxy) is 1. The second-order valence-corrected chi connectivity index (χ2v) is 5.12. The Labute approximate surface area is 104 Å². The molecule has 0 amide bonds. The van der Waals surface area contributed by atoms with Crippen molar-refractivity contribution in [3.8, 4) is 0 Å². The summed E-state index contributed by atoms with van der Waals surface area (Å²) in [5, 5.41) is 14.5. The van der Waals surface area contributed by atoms with Gasteiger partial charge in [-0.3, -0.25) is 4.68 Å². The predicted molar refractivity (Wildman–Crippen MR) is 68.1 cm³/mol. The summed E-state index contributed by atoms with van der Waals surface area (Å²) in [6.07, 6.45) is 0.852. The van der Waals surface area contributed by atoms with E-state index in [0.717, 1.165) is 17.9 Å². The molecule has 0 aromatic carbocycles. The monoisotopic (exact) mass is 240 g/mol. The number of rotatable bonds is 6. The molecule has 0 spiro atoms. The first kappa shape index (κ1) is 14.2. The molecule has 0 saturated carbocycles. The van der Waals surface area contributed by atoms with Gasteiger partial charge in [-0.05, 0) is 33.8 Å². The quantitative estimate of drug-likeness (QED) is 0.826. The number of hydrogen-bond acceptors (Lipinski definition) is 3. The van der Waals surface area contributed by atoms with Crippen LogP contribution in [0, 0.1) is 6.92 Å². The third-order valence-corrected chi connectivity index (χ3v) is 3.01. The van der Waals surface area contributed by atoms with Gasteiger partial charge in [0.25, 0.3) is 0 Å². The molecule has 1 unspecified atom stereocenters. The fourth-order valence-corrected chi connectivity index (χ4v) is 2.00. The fourth-order valence-electron chi connectivity index (χ4n) is 2.00. The van der Waals surface area contributed by atoms with Crippen LogP contribution in [0.3, 0.4) is 0 Å². The molecule has 1 aromatic rings. The topological polar surface area (TPSA) is 47.3 Å². The van der Waals surface area contributed by atoms with E-state index >= 15 is 0 Å². The molecule has 0 bridgehead atoms. The summed E-state index contributed by atoms with van der Waals surface area (Å²) in [7, 11) is 1.67. The Morgan fingerprint density at radius 1 is 1.53 bits per heavy atom. The average Bonchev–Trinajstić information content (AvgIpc) is 2.57. The van der Waals surface area contributed by atoms with Crippen LogP contribution >= 0.6 is 0 Å². The minimum atomic E-state index is -0.397. The standard InChI is InChI=1S/C13H24N2O2/c1-6-15-11(7-10(2)14-15)8-12(16)9-13(3,4)17-5/h7,12,16H,6,8-9H2,1-5H3. The van der Waals surface area contributed by atoms with Crippen molar-refractivity contribution >= 4 is 0 Å². The van der Waals surface area contributed by atoms with E-state index in [1.54, 1.807) is 7.11 Å². The molecule has 4 nitrogen and oxygen atoms in total. The van der Waals surface area contributed by atoms with Gasteiger partial charge in [-0.25, -0.2) is 0 Å². The lowest BCUT2D eigenvalue weighted by Gasteiger charge is -2.25. The maximum absolute atomic E-state index is 10.1. The number of aliphatic hydroxyl groups excluding tert-OH is 1. The van der Waals surface area contributed by atoms with E-state index in [4.69, 9.17) is 4.74 Å². The van der Waals surface area contributed by atoms with Crippen LogP contribution in [-0.2, 0) is 17.7 Å². The van der Waals surface area contributed by atoms with E-state index in [9.17, 15) is 5.11 Å². The Morgan fingerprint density at radius 3 is 2.71 bits per heavy atom. The number of methoxy groups -OCH3 is 1. The van der Waals surface area contributed by atoms with Crippen molar-refractivity contribution in [1.82, 2.24) is 9.78 Å². The van der Waals surface area contributed by atoms with Gasteiger partial charge >= 0.3 is 0 Å². The van der Waals surface area contributed by atoms with Crippen molar-refractivity contribution < 1.29 is 9.84 Å². The van der Waals surface area contributed by atoms with Crippen molar-refractivity contribution in [2.24, 2.45) is 0 Å². The van der Waals surface area contributed by atoms with Gasteiger partial charge in [0, 0.05) is 32.2 Å². The van der Waals surface area contributed by atoms with Crippen LogP contribution in [0.1, 0.15) is 38.6 Å². The lowest BCUT2D eigenvalue weighted by molar-refractivity contribution is -0.0194. The van der Waals surface area contributed by atoms with E-state index in [2.05, 4.69) is 12.0 Å². The summed E-state index contributed by atoms with van der Waals surface area (Å²) in [5.41, 5.74) is 1.80.